The maximum absolute atomic E-state index is 12.6. The highest BCUT2D eigenvalue weighted by Crippen LogP contribution is 2.38. The van der Waals surface area contributed by atoms with Gasteiger partial charge in [-0.05, 0) is 50.6 Å². The lowest BCUT2D eigenvalue weighted by Gasteiger charge is -2.38. The maximum atomic E-state index is 12.6. The first kappa shape index (κ1) is 15.3. The molecule has 2 saturated heterocycles. The van der Waals surface area contributed by atoms with E-state index < -0.39 is 0 Å². The van der Waals surface area contributed by atoms with Gasteiger partial charge in [-0.3, -0.25) is 4.79 Å². The van der Waals surface area contributed by atoms with Gasteiger partial charge in [-0.25, -0.2) is 0 Å². The number of nitrogens with zero attached hydrogens (tertiary/aromatic N) is 2. The fourth-order valence-corrected chi connectivity index (χ4v) is 4.00. The Morgan fingerprint density at radius 2 is 2.14 bits per heavy atom. The second-order valence-corrected chi connectivity index (χ2v) is 6.93. The van der Waals surface area contributed by atoms with Crippen LogP contribution in [0, 0.1) is 5.41 Å². The molecule has 4 heteroatoms. The van der Waals surface area contributed by atoms with Crippen molar-refractivity contribution >= 4 is 5.91 Å². The van der Waals surface area contributed by atoms with Crippen LogP contribution in [0.3, 0.4) is 0 Å². The molecule has 1 atom stereocenters. The van der Waals surface area contributed by atoms with Gasteiger partial charge in [0.2, 0.25) is 5.91 Å². The number of methoxy groups -OCH3 is 1. The van der Waals surface area contributed by atoms with Crippen LogP contribution in [0.1, 0.15) is 24.8 Å². The number of piperidine rings is 1. The highest BCUT2D eigenvalue weighted by molar-refractivity contribution is 5.79. The number of amides is 1. The summed E-state index contributed by atoms with van der Waals surface area (Å²) in [6.07, 6.45) is 4.15. The fourth-order valence-electron chi connectivity index (χ4n) is 4.00. The smallest absolute Gasteiger partial charge is 0.227 e. The highest BCUT2D eigenvalue weighted by atomic mass is 16.5. The summed E-state index contributed by atoms with van der Waals surface area (Å²) in [6, 6.07) is 7.82. The number of rotatable bonds is 3. The molecule has 0 radical (unpaired) electrons. The second kappa shape index (κ2) is 6.29. The molecule has 0 aliphatic carbocycles. The van der Waals surface area contributed by atoms with Crippen LogP contribution in [0.2, 0.25) is 0 Å². The SMILES string of the molecule is COc1cccc(CC(=O)N2CC[C@]3(CCCN(C)C3)C2)c1. The minimum atomic E-state index is 0.248. The van der Waals surface area contributed by atoms with Crippen LogP contribution in [-0.4, -0.2) is 56.0 Å². The standard InChI is InChI=1S/C18H26N2O2/c1-19-9-4-7-18(13-19)8-10-20(14-18)17(21)12-15-5-3-6-16(11-15)22-2/h3,5-6,11H,4,7-10,12-14H2,1-2H3/t18-/m0/s1. The zero-order valence-corrected chi connectivity index (χ0v) is 13.7. The molecule has 1 aromatic rings. The molecule has 0 unspecified atom stereocenters. The Morgan fingerprint density at radius 1 is 1.27 bits per heavy atom. The van der Waals surface area contributed by atoms with Gasteiger partial charge < -0.3 is 14.5 Å². The number of hydrogen-bond acceptors (Lipinski definition) is 3. The molecule has 120 valence electrons. The van der Waals surface area contributed by atoms with Crippen molar-refractivity contribution < 1.29 is 9.53 Å². The summed E-state index contributed by atoms with van der Waals surface area (Å²) in [5, 5.41) is 0. The molecule has 2 aliphatic heterocycles. The van der Waals surface area contributed by atoms with E-state index in [1.54, 1.807) is 7.11 Å². The lowest BCUT2D eigenvalue weighted by Crippen LogP contribution is -2.43. The summed E-state index contributed by atoms with van der Waals surface area (Å²) in [6.45, 7) is 4.17. The predicted molar refractivity (Wildman–Crippen MR) is 87.1 cm³/mol. The summed E-state index contributed by atoms with van der Waals surface area (Å²) in [5.74, 6) is 1.07. The van der Waals surface area contributed by atoms with Gasteiger partial charge in [0.05, 0.1) is 13.5 Å². The number of hydrogen-bond donors (Lipinski definition) is 0. The number of benzene rings is 1. The van der Waals surface area contributed by atoms with Gasteiger partial charge >= 0.3 is 0 Å². The average molecular weight is 302 g/mol. The quantitative estimate of drug-likeness (QED) is 0.858. The van der Waals surface area contributed by atoms with Gasteiger partial charge in [0, 0.05) is 25.0 Å². The predicted octanol–water partition coefficient (Wildman–Crippen LogP) is 2.18. The average Bonchev–Trinajstić information content (AvgIpc) is 2.91. The normalized spacial score (nSPS) is 25.6. The van der Waals surface area contributed by atoms with Crippen LogP contribution in [0.4, 0.5) is 0 Å². The largest absolute Gasteiger partial charge is 0.497 e. The monoisotopic (exact) mass is 302 g/mol. The van der Waals surface area contributed by atoms with Gasteiger partial charge in [0.25, 0.3) is 0 Å². The first-order valence-electron chi connectivity index (χ1n) is 8.19. The first-order chi connectivity index (χ1) is 10.6. The molecular weight excluding hydrogens is 276 g/mol. The topological polar surface area (TPSA) is 32.8 Å². The van der Waals surface area contributed by atoms with E-state index >= 15 is 0 Å². The van der Waals surface area contributed by atoms with Crippen LogP contribution in [0.15, 0.2) is 24.3 Å². The van der Waals surface area contributed by atoms with Crippen molar-refractivity contribution in [3.8, 4) is 5.75 Å². The Kier molecular flexibility index (Phi) is 4.39. The van der Waals surface area contributed by atoms with E-state index in [2.05, 4.69) is 16.8 Å². The van der Waals surface area contributed by atoms with E-state index in [1.165, 1.54) is 19.4 Å². The van der Waals surface area contributed by atoms with E-state index in [4.69, 9.17) is 4.74 Å². The van der Waals surface area contributed by atoms with E-state index in [1.807, 2.05) is 24.3 Å². The molecule has 0 aromatic heterocycles. The molecule has 0 saturated carbocycles. The van der Waals surface area contributed by atoms with Gasteiger partial charge in [-0.2, -0.15) is 0 Å². The first-order valence-corrected chi connectivity index (χ1v) is 8.19. The molecule has 1 amide bonds. The summed E-state index contributed by atoms with van der Waals surface area (Å²) < 4.78 is 5.23. The number of ether oxygens (including phenoxy) is 1. The lowest BCUT2D eigenvalue weighted by atomic mass is 9.79. The molecule has 1 aromatic carbocycles. The molecule has 2 fully saturated rings. The Balaban J connectivity index is 1.61. The second-order valence-electron chi connectivity index (χ2n) is 6.93. The third-order valence-electron chi connectivity index (χ3n) is 5.13. The zero-order chi connectivity index (χ0) is 15.6. The highest BCUT2D eigenvalue weighted by Gasteiger charge is 2.41. The molecule has 3 rings (SSSR count). The number of likely N-dealkylation sites (tertiary alicyclic amines) is 2. The Morgan fingerprint density at radius 3 is 2.91 bits per heavy atom. The van der Waals surface area contributed by atoms with Crippen LogP contribution in [0.25, 0.3) is 0 Å². The number of carbonyl (C=O) groups excluding carboxylic acids is 1. The zero-order valence-electron chi connectivity index (χ0n) is 13.7. The van der Waals surface area contributed by atoms with Crippen LogP contribution >= 0.6 is 0 Å². The van der Waals surface area contributed by atoms with E-state index in [0.29, 0.717) is 11.8 Å². The van der Waals surface area contributed by atoms with Crippen LogP contribution < -0.4 is 4.74 Å². The van der Waals surface area contributed by atoms with Crippen molar-refractivity contribution in [1.82, 2.24) is 9.80 Å². The molecule has 2 heterocycles. The van der Waals surface area contributed by atoms with Gasteiger partial charge in [-0.1, -0.05) is 12.1 Å². The van der Waals surface area contributed by atoms with Gasteiger partial charge in [0.1, 0.15) is 5.75 Å². The summed E-state index contributed by atoms with van der Waals surface area (Å²) in [4.78, 5) is 17.1. The van der Waals surface area contributed by atoms with Crippen molar-refractivity contribution in [2.45, 2.75) is 25.7 Å². The van der Waals surface area contributed by atoms with E-state index in [0.717, 1.165) is 37.4 Å². The molecular formula is C18H26N2O2. The molecule has 4 nitrogen and oxygen atoms in total. The van der Waals surface area contributed by atoms with Crippen molar-refractivity contribution in [1.29, 1.82) is 0 Å². The van der Waals surface area contributed by atoms with Crippen molar-refractivity contribution in [2.24, 2.45) is 5.41 Å². The molecule has 0 bridgehead atoms. The summed E-state index contributed by atoms with van der Waals surface area (Å²) in [7, 11) is 3.85. The van der Waals surface area contributed by atoms with Crippen molar-refractivity contribution in [3.63, 3.8) is 0 Å². The summed E-state index contributed by atoms with van der Waals surface area (Å²) >= 11 is 0. The summed E-state index contributed by atoms with van der Waals surface area (Å²) in [5.41, 5.74) is 1.38. The minimum absolute atomic E-state index is 0.248. The number of carbonyl (C=O) groups is 1. The van der Waals surface area contributed by atoms with E-state index in [-0.39, 0.29) is 5.91 Å². The minimum Gasteiger partial charge on any atom is -0.497 e. The van der Waals surface area contributed by atoms with Gasteiger partial charge in [-0.15, -0.1) is 0 Å². The Hall–Kier alpha value is -1.55. The van der Waals surface area contributed by atoms with E-state index in [9.17, 15) is 4.79 Å². The molecule has 22 heavy (non-hydrogen) atoms. The maximum Gasteiger partial charge on any atom is 0.227 e. The third kappa shape index (κ3) is 3.27. The fraction of sp³-hybridized carbons (Fsp3) is 0.611. The Bertz CT molecular complexity index is 546. The van der Waals surface area contributed by atoms with Crippen LogP contribution in [-0.2, 0) is 11.2 Å². The van der Waals surface area contributed by atoms with Crippen LogP contribution in [0.5, 0.6) is 5.75 Å². The third-order valence-corrected chi connectivity index (χ3v) is 5.13. The van der Waals surface area contributed by atoms with Crippen molar-refractivity contribution in [2.75, 3.05) is 40.3 Å². The lowest BCUT2D eigenvalue weighted by molar-refractivity contribution is -0.130. The molecule has 2 aliphatic rings. The Labute approximate surface area is 133 Å². The van der Waals surface area contributed by atoms with Crippen molar-refractivity contribution in [3.05, 3.63) is 29.8 Å². The molecule has 1 spiro atoms. The molecule has 0 N–H and O–H groups in total. The van der Waals surface area contributed by atoms with Gasteiger partial charge in [0.15, 0.2) is 0 Å².